The minimum Gasteiger partial charge on any atom is -0.392 e. The van der Waals surface area contributed by atoms with Crippen LogP contribution in [-0.2, 0) is 6.42 Å². The third-order valence-corrected chi connectivity index (χ3v) is 2.48. The van der Waals surface area contributed by atoms with Gasteiger partial charge in [-0.05, 0) is 12.3 Å². The lowest BCUT2D eigenvalue weighted by Crippen LogP contribution is -2.15. The molecular weight excluding hydrogens is 194 g/mol. The zero-order valence-electron chi connectivity index (χ0n) is 9.10. The van der Waals surface area contributed by atoms with Crippen molar-refractivity contribution >= 4 is 0 Å². The van der Waals surface area contributed by atoms with E-state index in [0.717, 1.165) is 12.2 Å². The summed E-state index contributed by atoms with van der Waals surface area (Å²) in [7, 11) is 0. The molecule has 1 aliphatic heterocycles. The molecule has 2 heterocycles. The zero-order valence-corrected chi connectivity index (χ0v) is 9.10. The number of aliphatic hydroxyl groups excluding tert-OH is 1. The Hall–Kier alpha value is -0.940. The summed E-state index contributed by atoms with van der Waals surface area (Å²) in [6.07, 6.45) is 1.19. The van der Waals surface area contributed by atoms with Crippen LogP contribution < -0.4 is 5.32 Å². The smallest absolute Gasteiger partial charge is 0.243 e. The molecule has 1 fully saturated rings. The van der Waals surface area contributed by atoms with Crippen LogP contribution in [-0.4, -0.2) is 27.9 Å². The number of nitrogens with zero attached hydrogens (tertiary/aromatic N) is 2. The molecule has 2 rings (SSSR count). The van der Waals surface area contributed by atoms with Crippen molar-refractivity contribution < 1.29 is 9.63 Å². The van der Waals surface area contributed by atoms with Crippen molar-refractivity contribution in [1.29, 1.82) is 0 Å². The highest BCUT2D eigenvalue weighted by molar-refractivity contribution is 4.97. The fraction of sp³-hybridized carbons (Fsp3) is 0.800. The maximum Gasteiger partial charge on any atom is 0.243 e. The first-order valence-corrected chi connectivity index (χ1v) is 5.39. The van der Waals surface area contributed by atoms with Gasteiger partial charge in [-0.3, -0.25) is 0 Å². The molecular formula is C10H17N3O2. The summed E-state index contributed by atoms with van der Waals surface area (Å²) < 4.78 is 5.16. The van der Waals surface area contributed by atoms with Crippen molar-refractivity contribution in [1.82, 2.24) is 15.5 Å². The van der Waals surface area contributed by atoms with Crippen LogP contribution in [0.15, 0.2) is 4.52 Å². The second-order valence-corrected chi connectivity index (χ2v) is 4.50. The largest absolute Gasteiger partial charge is 0.392 e. The lowest BCUT2D eigenvalue weighted by molar-refractivity contribution is 0.191. The Balaban J connectivity index is 2.00. The highest BCUT2D eigenvalue weighted by Gasteiger charge is 2.27. The van der Waals surface area contributed by atoms with Gasteiger partial charge in [0.05, 0.1) is 12.1 Å². The van der Waals surface area contributed by atoms with Crippen LogP contribution >= 0.6 is 0 Å². The average Bonchev–Trinajstić information content (AvgIpc) is 2.72. The third kappa shape index (κ3) is 2.54. The van der Waals surface area contributed by atoms with Gasteiger partial charge in [-0.15, -0.1) is 0 Å². The summed E-state index contributed by atoms with van der Waals surface area (Å²) in [5.41, 5.74) is 0. The van der Waals surface area contributed by atoms with E-state index in [1.807, 2.05) is 0 Å². The fourth-order valence-electron chi connectivity index (χ4n) is 1.76. The molecule has 1 aromatic rings. The van der Waals surface area contributed by atoms with E-state index in [1.165, 1.54) is 0 Å². The number of rotatable bonds is 3. The molecule has 5 heteroatoms. The van der Waals surface area contributed by atoms with Gasteiger partial charge in [0.2, 0.25) is 5.89 Å². The number of hydrogen-bond donors (Lipinski definition) is 2. The lowest BCUT2D eigenvalue weighted by Gasteiger charge is -2.01. The van der Waals surface area contributed by atoms with Crippen LogP contribution in [0.25, 0.3) is 0 Å². The molecule has 1 unspecified atom stereocenters. The van der Waals surface area contributed by atoms with E-state index >= 15 is 0 Å². The molecule has 84 valence electrons. The van der Waals surface area contributed by atoms with Crippen molar-refractivity contribution in [2.24, 2.45) is 5.92 Å². The predicted molar refractivity (Wildman–Crippen MR) is 54.2 cm³/mol. The SMILES string of the molecule is CC(C)Cc1noc([C@@H]2CC(O)CN2)n1. The van der Waals surface area contributed by atoms with Crippen molar-refractivity contribution in [3.63, 3.8) is 0 Å². The summed E-state index contributed by atoms with van der Waals surface area (Å²) in [5, 5.41) is 16.4. The topological polar surface area (TPSA) is 71.2 Å². The fourth-order valence-corrected chi connectivity index (χ4v) is 1.76. The van der Waals surface area contributed by atoms with E-state index in [4.69, 9.17) is 4.52 Å². The van der Waals surface area contributed by atoms with Crippen LogP contribution in [0, 0.1) is 5.92 Å². The second kappa shape index (κ2) is 4.28. The normalized spacial score (nSPS) is 26.4. The number of hydrogen-bond acceptors (Lipinski definition) is 5. The van der Waals surface area contributed by atoms with E-state index in [0.29, 0.717) is 24.8 Å². The van der Waals surface area contributed by atoms with E-state index in [1.54, 1.807) is 0 Å². The minimum absolute atomic E-state index is 0.0217. The number of aliphatic hydroxyl groups is 1. The Kier molecular flexibility index (Phi) is 3.02. The molecule has 1 saturated heterocycles. The number of nitrogens with one attached hydrogen (secondary N) is 1. The molecule has 0 radical (unpaired) electrons. The Morgan fingerprint density at radius 3 is 3.00 bits per heavy atom. The first-order valence-electron chi connectivity index (χ1n) is 5.39. The highest BCUT2D eigenvalue weighted by atomic mass is 16.5. The van der Waals surface area contributed by atoms with Gasteiger partial charge in [0, 0.05) is 13.0 Å². The first-order chi connectivity index (χ1) is 7.15. The molecule has 2 atom stereocenters. The third-order valence-electron chi connectivity index (χ3n) is 2.48. The van der Waals surface area contributed by atoms with Crippen molar-refractivity contribution in [3.05, 3.63) is 11.7 Å². The van der Waals surface area contributed by atoms with Gasteiger partial charge in [-0.25, -0.2) is 0 Å². The predicted octanol–water partition coefficient (Wildman–Crippen LogP) is 0.663. The summed E-state index contributed by atoms with van der Waals surface area (Å²) in [5.74, 6) is 1.88. The monoisotopic (exact) mass is 211 g/mol. The van der Waals surface area contributed by atoms with Crippen LogP contribution in [0.2, 0.25) is 0 Å². The Bertz CT molecular complexity index is 324. The molecule has 0 amide bonds. The average molecular weight is 211 g/mol. The van der Waals surface area contributed by atoms with E-state index in [9.17, 15) is 5.11 Å². The summed E-state index contributed by atoms with van der Waals surface area (Å²) in [4.78, 5) is 4.32. The van der Waals surface area contributed by atoms with Crippen LogP contribution in [0.3, 0.4) is 0 Å². The maximum atomic E-state index is 9.36. The molecule has 1 aromatic heterocycles. The molecule has 0 spiro atoms. The van der Waals surface area contributed by atoms with Gasteiger partial charge < -0.3 is 14.9 Å². The minimum atomic E-state index is -0.296. The van der Waals surface area contributed by atoms with Crippen LogP contribution in [0.5, 0.6) is 0 Å². The molecule has 0 aliphatic carbocycles. The summed E-state index contributed by atoms with van der Waals surface area (Å²) >= 11 is 0. The summed E-state index contributed by atoms with van der Waals surface area (Å²) in [6.45, 7) is 4.84. The van der Waals surface area contributed by atoms with E-state index in [2.05, 4.69) is 29.3 Å². The van der Waals surface area contributed by atoms with E-state index < -0.39 is 0 Å². The Morgan fingerprint density at radius 2 is 2.40 bits per heavy atom. The van der Waals surface area contributed by atoms with E-state index in [-0.39, 0.29) is 12.1 Å². The quantitative estimate of drug-likeness (QED) is 0.768. The molecule has 0 bridgehead atoms. The van der Waals surface area contributed by atoms with Gasteiger partial charge in [0.1, 0.15) is 0 Å². The van der Waals surface area contributed by atoms with Gasteiger partial charge in [-0.2, -0.15) is 4.98 Å². The van der Waals surface area contributed by atoms with Gasteiger partial charge >= 0.3 is 0 Å². The first kappa shape index (κ1) is 10.6. The second-order valence-electron chi connectivity index (χ2n) is 4.50. The van der Waals surface area contributed by atoms with Gasteiger partial charge in [-0.1, -0.05) is 19.0 Å². The molecule has 2 N–H and O–H groups in total. The van der Waals surface area contributed by atoms with Crippen LogP contribution in [0.4, 0.5) is 0 Å². The van der Waals surface area contributed by atoms with Crippen LogP contribution in [0.1, 0.15) is 38.0 Å². The molecule has 15 heavy (non-hydrogen) atoms. The van der Waals surface area contributed by atoms with Gasteiger partial charge in [0.15, 0.2) is 5.82 Å². The highest BCUT2D eigenvalue weighted by Crippen LogP contribution is 2.21. The Labute approximate surface area is 88.9 Å². The van der Waals surface area contributed by atoms with Crippen molar-refractivity contribution in [2.45, 2.75) is 38.8 Å². The molecule has 0 aromatic carbocycles. The molecule has 5 nitrogen and oxygen atoms in total. The molecule has 0 saturated carbocycles. The number of β-amino-alcohol motifs (C(OH)–C–C–N with tert-alkyl or cyclic N) is 1. The van der Waals surface area contributed by atoms with Gasteiger partial charge in [0.25, 0.3) is 0 Å². The molecule has 1 aliphatic rings. The lowest BCUT2D eigenvalue weighted by atomic mass is 10.1. The van der Waals surface area contributed by atoms with Crippen molar-refractivity contribution in [3.8, 4) is 0 Å². The zero-order chi connectivity index (χ0) is 10.8. The summed E-state index contributed by atoms with van der Waals surface area (Å²) in [6, 6.07) is 0.0217. The van der Waals surface area contributed by atoms with Crippen molar-refractivity contribution in [2.75, 3.05) is 6.54 Å². The maximum absolute atomic E-state index is 9.36. The Morgan fingerprint density at radius 1 is 1.60 bits per heavy atom. The standard InChI is InChI=1S/C10H17N3O2/c1-6(2)3-9-12-10(15-13-9)8-4-7(14)5-11-8/h6-8,11,14H,3-5H2,1-2H3/t7?,8-/m0/s1. The number of aromatic nitrogens is 2.